The van der Waals surface area contributed by atoms with Gasteiger partial charge in [0.2, 0.25) is 5.79 Å². The van der Waals surface area contributed by atoms with Crippen molar-refractivity contribution in [3.8, 4) is 5.75 Å². The lowest BCUT2D eigenvalue weighted by Crippen LogP contribution is -2.65. The van der Waals surface area contributed by atoms with Crippen molar-refractivity contribution in [1.29, 1.82) is 0 Å². The molecule has 0 aromatic heterocycles. The third kappa shape index (κ3) is 5.78. The molecule has 4 aliphatic rings. The monoisotopic (exact) mass is 598 g/mol. The zero-order valence-corrected chi connectivity index (χ0v) is 22.3. The Morgan fingerprint density at radius 3 is 2.26 bits per heavy atom. The molecule has 232 valence electrons. The molecular formula is C27H34O15. The maximum Gasteiger partial charge on any atom is 0.215 e. The van der Waals surface area contributed by atoms with Gasteiger partial charge in [-0.1, -0.05) is 12.1 Å². The summed E-state index contributed by atoms with van der Waals surface area (Å²) in [6, 6.07) is 5.92. The quantitative estimate of drug-likeness (QED) is 0.157. The third-order valence-electron chi connectivity index (χ3n) is 7.76. The number of carbonyl (C=O) groups excluding carboxylic acids is 1. The Labute approximate surface area is 239 Å². The van der Waals surface area contributed by atoms with Gasteiger partial charge in [0.25, 0.3) is 0 Å². The normalized spacial score (nSPS) is 44.0. The topological polar surface area (TPSA) is 245 Å². The zero-order valence-electron chi connectivity index (χ0n) is 22.3. The van der Waals surface area contributed by atoms with Crippen molar-refractivity contribution in [3.05, 3.63) is 53.5 Å². The number of aliphatic hydroxyl groups excluding tert-OH is 7. The molecule has 1 aromatic rings. The van der Waals surface area contributed by atoms with Gasteiger partial charge in [0, 0.05) is 18.6 Å². The second-order valence-electron chi connectivity index (χ2n) is 10.8. The van der Waals surface area contributed by atoms with Gasteiger partial charge in [0.1, 0.15) is 72.0 Å². The van der Waals surface area contributed by atoms with Crippen molar-refractivity contribution in [2.75, 3.05) is 6.61 Å². The summed E-state index contributed by atoms with van der Waals surface area (Å²) in [5.41, 5.74) is 0.540. The largest absolute Gasteiger partial charge is 0.511 e. The Hall–Kier alpha value is -2.67. The van der Waals surface area contributed by atoms with E-state index in [1.807, 2.05) is 0 Å². The molecule has 3 saturated heterocycles. The fourth-order valence-electron chi connectivity index (χ4n) is 5.41. The van der Waals surface area contributed by atoms with Crippen LogP contribution in [0.25, 0.3) is 0 Å². The Balaban J connectivity index is 1.41. The first-order chi connectivity index (χ1) is 19.8. The number of Topliss-reactive ketones (excluding diaryl/α,β-unsaturated/α-hetero) is 1. The molecule has 1 aromatic carbocycles. The van der Waals surface area contributed by atoms with Crippen LogP contribution in [0.1, 0.15) is 25.0 Å². The maximum absolute atomic E-state index is 12.9. The molecule has 3 aliphatic heterocycles. The highest BCUT2D eigenvalue weighted by molar-refractivity contribution is 5.87. The third-order valence-corrected chi connectivity index (χ3v) is 7.76. The van der Waals surface area contributed by atoms with E-state index in [4.69, 9.17) is 23.7 Å². The number of carbonyl (C=O) groups is 1. The van der Waals surface area contributed by atoms with E-state index in [9.17, 15) is 50.8 Å². The van der Waals surface area contributed by atoms with Gasteiger partial charge in [-0.25, -0.2) is 0 Å². The fourth-order valence-corrected chi connectivity index (χ4v) is 5.41. The number of benzene rings is 1. The van der Waals surface area contributed by atoms with Crippen LogP contribution in [0.5, 0.6) is 5.75 Å². The number of ketones is 1. The number of ether oxygens (including phenoxy) is 5. The Morgan fingerprint density at radius 1 is 0.905 bits per heavy atom. The molecular weight excluding hydrogens is 564 g/mol. The summed E-state index contributed by atoms with van der Waals surface area (Å²) < 4.78 is 28.2. The van der Waals surface area contributed by atoms with Crippen molar-refractivity contribution < 1.29 is 74.4 Å². The average molecular weight is 599 g/mol. The average Bonchev–Trinajstić information content (AvgIpc) is 2.93. The van der Waals surface area contributed by atoms with Crippen LogP contribution >= 0.6 is 0 Å². The molecule has 0 bridgehead atoms. The minimum Gasteiger partial charge on any atom is -0.511 e. The molecule has 3 unspecified atom stereocenters. The lowest BCUT2D eigenvalue weighted by molar-refractivity contribution is -0.383. The predicted octanol–water partition coefficient (Wildman–Crippen LogP) is -2.26. The summed E-state index contributed by atoms with van der Waals surface area (Å²) >= 11 is 0. The highest BCUT2D eigenvalue weighted by atomic mass is 16.8. The van der Waals surface area contributed by atoms with Crippen molar-refractivity contribution in [1.82, 2.24) is 0 Å². The second-order valence-corrected chi connectivity index (χ2v) is 10.8. The van der Waals surface area contributed by atoms with Crippen molar-refractivity contribution in [3.63, 3.8) is 0 Å². The molecule has 9 N–H and O–H groups in total. The van der Waals surface area contributed by atoms with E-state index in [1.54, 1.807) is 12.1 Å². The minimum atomic E-state index is -2.55. The van der Waals surface area contributed by atoms with E-state index in [1.165, 1.54) is 19.1 Å². The molecule has 0 radical (unpaired) electrons. The minimum absolute atomic E-state index is 0.00281. The van der Waals surface area contributed by atoms with Crippen LogP contribution in [0.3, 0.4) is 0 Å². The first-order valence-corrected chi connectivity index (χ1v) is 13.3. The van der Waals surface area contributed by atoms with E-state index in [0.29, 0.717) is 5.56 Å². The first kappa shape index (κ1) is 30.8. The molecule has 0 spiro atoms. The number of aliphatic hydroxyl groups is 8. The zero-order chi connectivity index (χ0) is 30.5. The van der Waals surface area contributed by atoms with Crippen LogP contribution in [0.2, 0.25) is 0 Å². The van der Waals surface area contributed by atoms with Crippen LogP contribution in [0.4, 0.5) is 0 Å². The maximum atomic E-state index is 12.9. The Kier molecular flexibility index (Phi) is 8.63. The van der Waals surface area contributed by atoms with E-state index in [2.05, 4.69) is 0 Å². The number of aromatic hydroxyl groups is 1. The predicted molar refractivity (Wildman–Crippen MR) is 135 cm³/mol. The van der Waals surface area contributed by atoms with Gasteiger partial charge in [0.05, 0.1) is 12.7 Å². The van der Waals surface area contributed by atoms with Gasteiger partial charge in [-0.2, -0.15) is 0 Å². The lowest BCUT2D eigenvalue weighted by Gasteiger charge is -2.47. The Bertz CT molecular complexity index is 1200. The molecule has 15 nitrogen and oxygen atoms in total. The summed E-state index contributed by atoms with van der Waals surface area (Å²) in [5.74, 6) is -4.96. The molecule has 15 heteroatoms. The smallest absolute Gasteiger partial charge is 0.215 e. The molecule has 42 heavy (non-hydrogen) atoms. The second kappa shape index (κ2) is 11.8. The molecule has 3 heterocycles. The van der Waals surface area contributed by atoms with Crippen LogP contribution in [0.15, 0.2) is 47.9 Å². The van der Waals surface area contributed by atoms with Gasteiger partial charge in [-0.15, -0.1) is 0 Å². The van der Waals surface area contributed by atoms with E-state index >= 15 is 0 Å². The number of fused-ring (bicyclic) bond motifs is 1. The van der Waals surface area contributed by atoms with Crippen LogP contribution in [-0.2, 0) is 28.5 Å². The summed E-state index contributed by atoms with van der Waals surface area (Å²) in [7, 11) is 0. The number of hydrogen-bond donors (Lipinski definition) is 9. The van der Waals surface area contributed by atoms with Crippen LogP contribution in [-0.4, -0.2) is 126 Å². The van der Waals surface area contributed by atoms with Gasteiger partial charge < -0.3 is 69.6 Å². The lowest BCUT2D eigenvalue weighted by atomic mass is 9.85. The molecule has 1 aliphatic carbocycles. The molecule has 0 amide bonds. The fraction of sp³-hybridized carbons (Fsp3) is 0.593. The van der Waals surface area contributed by atoms with Crippen LogP contribution in [0, 0.1) is 5.92 Å². The summed E-state index contributed by atoms with van der Waals surface area (Å²) in [4.78, 5) is 12.9. The van der Waals surface area contributed by atoms with E-state index in [0.717, 1.165) is 12.2 Å². The van der Waals surface area contributed by atoms with Crippen molar-refractivity contribution in [2.24, 2.45) is 5.92 Å². The van der Waals surface area contributed by atoms with E-state index < -0.39 is 97.4 Å². The van der Waals surface area contributed by atoms with Gasteiger partial charge in [0.15, 0.2) is 18.4 Å². The van der Waals surface area contributed by atoms with Gasteiger partial charge in [-0.3, -0.25) is 4.79 Å². The first-order valence-electron chi connectivity index (χ1n) is 13.3. The highest BCUT2D eigenvalue weighted by Crippen LogP contribution is 2.43. The number of phenols is 1. The number of phenolic OH excluding ortho intramolecular Hbond substituents is 1. The summed E-state index contributed by atoms with van der Waals surface area (Å²) in [6.45, 7) is 0.607. The molecule has 0 saturated carbocycles. The molecule has 3 fully saturated rings. The molecule has 5 rings (SSSR count). The highest BCUT2D eigenvalue weighted by Gasteiger charge is 2.53. The standard InChI is InChI=1S/C27H34O15/c1-10-19(32)21(34)23(36)25(38-10)41-24-22(35)20(33)17(9-28)40-26(24)42-27(37)7-14(31)18-13(30)6-15(39-16(18)8-27)11-2-4-12(29)5-3-11/h2-5,7-8,10,15,17-26,28-29,31-37H,6,9H2,1H3/t10-,15?,17+,18?,19-,20+,21+,22-,23+,24+,25-,26-,27?/m0/s1. The number of hydrogen-bond acceptors (Lipinski definition) is 15. The van der Waals surface area contributed by atoms with Crippen LogP contribution < -0.4 is 0 Å². The SMILES string of the molecule is C[C@@H]1O[C@@H](O[C@H]2[C@H](OC3(O)C=C(O)C4C(=O)CC(c5ccc(O)cc5)OC4=C3)O[C@H](CO)[C@@H](O)[C@@H]2O)[C@H](O)[C@H](O)[C@H]1O. The summed E-state index contributed by atoms with van der Waals surface area (Å²) in [6.07, 6.45) is -15.3. The molecule has 13 atom stereocenters. The number of rotatable bonds is 6. The Morgan fingerprint density at radius 2 is 1.60 bits per heavy atom. The van der Waals surface area contributed by atoms with Gasteiger partial charge >= 0.3 is 0 Å². The van der Waals surface area contributed by atoms with Gasteiger partial charge in [-0.05, 0) is 24.6 Å². The summed E-state index contributed by atoms with van der Waals surface area (Å²) in [5, 5.41) is 93.1. The van der Waals surface area contributed by atoms with Crippen molar-refractivity contribution >= 4 is 5.78 Å². The van der Waals surface area contributed by atoms with E-state index in [-0.39, 0.29) is 17.9 Å². The van der Waals surface area contributed by atoms with Crippen molar-refractivity contribution in [2.45, 2.75) is 86.6 Å².